The largest absolute Gasteiger partial charge is 0.444 e. The van der Waals surface area contributed by atoms with E-state index in [-0.39, 0.29) is 13.1 Å². The Labute approximate surface area is 128 Å². The van der Waals surface area contributed by atoms with Crippen molar-refractivity contribution in [2.45, 2.75) is 32.0 Å². The molecule has 1 N–H and O–H groups in total. The van der Waals surface area contributed by atoms with Crippen molar-refractivity contribution >= 4 is 29.3 Å². The first-order valence-electron chi connectivity index (χ1n) is 6.27. The molecule has 20 heavy (non-hydrogen) atoms. The van der Waals surface area contributed by atoms with E-state index in [1.807, 2.05) is 0 Å². The molecule has 110 valence electrons. The van der Waals surface area contributed by atoms with E-state index in [4.69, 9.17) is 27.9 Å². The van der Waals surface area contributed by atoms with Crippen molar-refractivity contribution in [1.82, 2.24) is 4.90 Å². The molecule has 1 aromatic carbocycles. The number of hydrogen-bond donors (Lipinski definition) is 1. The third-order valence-corrected chi connectivity index (χ3v) is 3.75. The predicted molar refractivity (Wildman–Crippen MR) is 78.2 cm³/mol. The molecule has 0 spiro atoms. The van der Waals surface area contributed by atoms with Gasteiger partial charge in [-0.05, 0) is 38.5 Å². The van der Waals surface area contributed by atoms with Crippen molar-refractivity contribution in [1.29, 1.82) is 0 Å². The van der Waals surface area contributed by atoms with Gasteiger partial charge in [0.15, 0.2) is 0 Å². The summed E-state index contributed by atoms with van der Waals surface area (Å²) < 4.78 is 5.24. The summed E-state index contributed by atoms with van der Waals surface area (Å²) in [4.78, 5) is 13.3. The minimum absolute atomic E-state index is 0.180. The normalized spacial score (nSPS) is 17.6. The van der Waals surface area contributed by atoms with Crippen molar-refractivity contribution in [3.63, 3.8) is 0 Å². The lowest BCUT2D eigenvalue weighted by Crippen LogP contribution is -2.61. The van der Waals surface area contributed by atoms with Crippen LogP contribution in [-0.2, 0) is 10.3 Å². The van der Waals surface area contributed by atoms with Gasteiger partial charge in [0.25, 0.3) is 0 Å². The van der Waals surface area contributed by atoms with E-state index in [1.54, 1.807) is 39.0 Å². The minimum atomic E-state index is -1.09. The van der Waals surface area contributed by atoms with Crippen LogP contribution in [0.25, 0.3) is 0 Å². The number of β-amino-alcohol motifs (C(OH)–C–C–N with tert-alkyl or cyclic N) is 1. The molecule has 2 rings (SSSR count). The number of likely N-dealkylation sites (tertiary alicyclic amines) is 1. The lowest BCUT2D eigenvalue weighted by Gasteiger charge is -2.46. The molecule has 0 saturated carbocycles. The second-order valence-electron chi connectivity index (χ2n) is 6.00. The summed E-state index contributed by atoms with van der Waals surface area (Å²) in [5.74, 6) is 0. The van der Waals surface area contributed by atoms with Crippen molar-refractivity contribution in [2.75, 3.05) is 13.1 Å². The molecular weight excluding hydrogens is 301 g/mol. The fourth-order valence-electron chi connectivity index (χ4n) is 2.01. The standard InChI is InChI=1S/C14H17Cl2NO3/c1-13(2,3)20-12(18)17-7-14(19,8-17)9-4-5-10(15)11(16)6-9/h4-6,19H,7-8H2,1-3H3. The SMILES string of the molecule is CC(C)(C)OC(=O)N1CC(O)(c2ccc(Cl)c(Cl)c2)C1. The Morgan fingerprint density at radius 3 is 2.40 bits per heavy atom. The van der Waals surface area contributed by atoms with Crippen LogP contribution in [-0.4, -0.2) is 34.8 Å². The summed E-state index contributed by atoms with van der Waals surface area (Å²) in [5, 5.41) is 11.3. The van der Waals surface area contributed by atoms with E-state index in [0.717, 1.165) is 0 Å². The molecule has 6 heteroatoms. The third-order valence-electron chi connectivity index (χ3n) is 3.01. The number of carbonyl (C=O) groups is 1. The minimum Gasteiger partial charge on any atom is -0.444 e. The second-order valence-corrected chi connectivity index (χ2v) is 6.81. The fourth-order valence-corrected chi connectivity index (χ4v) is 2.31. The molecular formula is C14H17Cl2NO3. The molecule has 1 amide bonds. The van der Waals surface area contributed by atoms with E-state index >= 15 is 0 Å². The molecule has 1 aliphatic heterocycles. The average molecular weight is 318 g/mol. The fraction of sp³-hybridized carbons (Fsp3) is 0.500. The van der Waals surface area contributed by atoms with Gasteiger partial charge in [0.2, 0.25) is 0 Å². The molecule has 1 aliphatic rings. The van der Waals surface area contributed by atoms with Gasteiger partial charge >= 0.3 is 6.09 Å². The number of amides is 1. The Hall–Kier alpha value is -0.970. The highest BCUT2D eigenvalue weighted by atomic mass is 35.5. The summed E-state index contributed by atoms with van der Waals surface area (Å²) in [6.07, 6.45) is -0.428. The average Bonchev–Trinajstić information content (AvgIpc) is 2.26. The number of ether oxygens (including phenoxy) is 1. The van der Waals surface area contributed by atoms with Crippen LogP contribution in [0.2, 0.25) is 10.0 Å². The van der Waals surface area contributed by atoms with Crippen LogP contribution in [0.5, 0.6) is 0 Å². The maximum Gasteiger partial charge on any atom is 0.410 e. The molecule has 0 aromatic heterocycles. The monoisotopic (exact) mass is 317 g/mol. The molecule has 1 saturated heterocycles. The van der Waals surface area contributed by atoms with E-state index in [0.29, 0.717) is 15.6 Å². The quantitative estimate of drug-likeness (QED) is 0.863. The van der Waals surface area contributed by atoms with Gasteiger partial charge in [-0.2, -0.15) is 0 Å². The van der Waals surface area contributed by atoms with Gasteiger partial charge in [0.1, 0.15) is 11.2 Å². The lowest BCUT2D eigenvalue weighted by atomic mass is 9.86. The van der Waals surface area contributed by atoms with Crippen LogP contribution in [0.4, 0.5) is 4.79 Å². The molecule has 1 heterocycles. The smallest absolute Gasteiger partial charge is 0.410 e. The number of rotatable bonds is 1. The number of hydrogen-bond acceptors (Lipinski definition) is 3. The Kier molecular flexibility index (Phi) is 3.93. The summed E-state index contributed by atoms with van der Waals surface area (Å²) in [5.41, 5.74) is -0.994. The van der Waals surface area contributed by atoms with Crippen LogP contribution < -0.4 is 0 Å². The van der Waals surface area contributed by atoms with Crippen LogP contribution in [0.3, 0.4) is 0 Å². The molecule has 0 bridgehead atoms. The summed E-state index contributed by atoms with van der Waals surface area (Å²) in [7, 11) is 0. The third kappa shape index (κ3) is 3.19. The predicted octanol–water partition coefficient (Wildman–Crippen LogP) is 3.43. The highest BCUT2D eigenvalue weighted by Gasteiger charge is 2.46. The van der Waals surface area contributed by atoms with Gasteiger partial charge in [-0.3, -0.25) is 0 Å². The van der Waals surface area contributed by atoms with E-state index in [9.17, 15) is 9.90 Å². The number of halogens is 2. The molecule has 4 nitrogen and oxygen atoms in total. The number of aliphatic hydroxyl groups is 1. The zero-order valence-corrected chi connectivity index (χ0v) is 13.1. The molecule has 0 atom stereocenters. The molecule has 1 fully saturated rings. The number of carbonyl (C=O) groups excluding carboxylic acids is 1. The zero-order valence-electron chi connectivity index (χ0n) is 11.6. The topological polar surface area (TPSA) is 49.8 Å². The van der Waals surface area contributed by atoms with E-state index in [2.05, 4.69) is 0 Å². The first-order chi connectivity index (χ1) is 9.11. The molecule has 1 aromatic rings. The van der Waals surface area contributed by atoms with Gasteiger partial charge in [0, 0.05) is 0 Å². The highest BCUT2D eigenvalue weighted by Crippen LogP contribution is 2.35. The first-order valence-corrected chi connectivity index (χ1v) is 7.02. The zero-order chi connectivity index (χ0) is 15.1. The van der Waals surface area contributed by atoms with Crippen LogP contribution in [0.1, 0.15) is 26.3 Å². The molecule has 0 radical (unpaired) electrons. The van der Waals surface area contributed by atoms with Crippen molar-refractivity contribution in [3.05, 3.63) is 33.8 Å². The van der Waals surface area contributed by atoms with Gasteiger partial charge in [0.05, 0.1) is 23.1 Å². The van der Waals surface area contributed by atoms with Crippen LogP contribution >= 0.6 is 23.2 Å². The van der Waals surface area contributed by atoms with Crippen LogP contribution in [0.15, 0.2) is 18.2 Å². The summed E-state index contributed by atoms with van der Waals surface area (Å²) in [6.45, 7) is 5.77. The number of benzene rings is 1. The van der Waals surface area contributed by atoms with Gasteiger partial charge in [-0.15, -0.1) is 0 Å². The van der Waals surface area contributed by atoms with Gasteiger partial charge in [-0.25, -0.2) is 4.79 Å². The van der Waals surface area contributed by atoms with Crippen molar-refractivity contribution in [2.24, 2.45) is 0 Å². The summed E-state index contributed by atoms with van der Waals surface area (Å²) >= 11 is 11.8. The van der Waals surface area contributed by atoms with Crippen LogP contribution in [0, 0.1) is 0 Å². The number of nitrogens with zero attached hydrogens (tertiary/aromatic N) is 1. The summed E-state index contributed by atoms with van der Waals surface area (Å²) in [6, 6.07) is 4.96. The Morgan fingerprint density at radius 1 is 1.30 bits per heavy atom. The van der Waals surface area contributed by atoms with Gasteiger partial charge in [-0.1, -0.05) is 29.3 Å². The molecule has 0 aliphatic carbocycles. The van der Waals surface area contributed by atoms with Gasteiger partial charge < -0.3 is 14.7 Å². The second kappa shape index (κ2) is 5.10. The van der Waals surface area contributed by atoms with Crippen molar-refractivity contribution < 1.29 is 14.6 Å². The highest BCUT2D eigenvalue weighted by molar-refractivity contribution is 6.42. The Balaban J connectivity index is 2.03. The van der Waals surface area contributed by atoms with E-state index < -0.39 is 17.3 Å². The first kappa shape index (κ1) is 15.4. The Morgan fingerprint density at radius 2 is 1.90 bits per heavy atom. The van der Waals surface area contributed by atoms with Crippen molar-refractivity contribution in [3.8, 4) is 0 Å². The maximum atomic E-state index is 11.8. The lowest BCUT2D eigenvalue weighted by molar-refractivity contribution is -0.103. The molecule has 0 unspecified atom stereocenters. The Bertz CT molecular complexity index is 534. The maximum absolute atomic E-state index is 11.8. The van der Waals surface area contributed by atoms with E-state index in [1.165, 1.54) is 4.90 Å².